The predicted molar refractivity (Wildman–Crippen MR) is 93.8 cm³/mol. The fourth-order valence-electron chi connectivity index (χ4n) is 3.41. The number of aryl methyl sites for hydroxylation is 1. The van der Waals surface area contributed by atoms with Crippen molar-refractivity contribution in [3.8, 4) is 0 Å². The van der Waals surface area contributed by atoms with Crippen LogP contribution in [0.25, 0.3) is 0 Å². The van der Waals surface area contributed by atoms with Gasteiger partial charge in [0.1, 0.15) is 5.82 Å². The van der Waals surface area contributed by atoms with Gasteiger partial charge in [-0.2, -0.15) is 0 Å². The van der Waals surface area contributed by atoms with E-state index in [1.54, 1.807) is 7.11 Å². The summed E-state index contributed by atoms with van der Waals surface area (Å²) >= 11 is 0. The normalized spacial score (nSPS) is 21.4. The first-order valence-electron chi connectivity index (χ1n) is 8.62. The van der Waals surface area contributed by atoms with Gasteiger partial charge in [-0.1, -0.05) is 30.3 Å². The van der Waals surface area contributed by atoms with E-state index < -0.39 is 0 Å². The molecule has 0 bridgehead atoms. The summed E-state index contributed by atoms with van der Waals surface area (Å²) in [4.78, 5) is 6.99. The van der Waals surface area contributed by atoms with Crippen LogP contribution in [0.4, 0.5) is 0 Å². The van der Waals surface area contributed by atoms with Crippen molar-refractivity contribution in [2.45, 2.75) is 31.5 Å². The minimum atomic E-state index is 0.251. The van der Waals surface area contributed by atoms with Gasteiger partial charge in [0, 0.05) is 39.1 Å². The first kappa shape index (κ1) is 17.1. The third-order valence-electron chi connectivity index (χ3n) is 4.77. The Bertz CT molecular complexity index is 614. The Morgan fingerprint density at radius 2 is 2.04 bits per heavy atom. The molecular weight excluding hydrogens is 302 g/mol. The molecule has 0 spiro atoms. The lowest BCUT2D eigenvalue weighted by Gasteiger charge is -2.28. The molecule has 24 heavy (non-hydrogen) atoms. The highest BCUT2D eigenvalue weighted by molar-refractivity contribution is 5.17. The van der Waals surface area contributed by atoms with Crippen molar-refractivity contribution in [2.24, 2.45) is 7.05 Å². The minimum Gasteiger partial charge on any atom is -0.382 e. The van der Waals surface area contributed by atoms with Crippen LogP contribution in [-0.4, -0.2) is 53.5 Å². The molecule has 1 aliphatic rings. The fourth-order valence-corrected chi connectivity index (χ4v) is 3.41. The summed E-state index contributed by atoms with van der Waals surface area (Å²) in [6, 6.07) is 11.0. The van der Waals surface area contributed by atoms with E-state index in [1.165, 1.54) is 5.56 Å². The largest absolute Gasteiger partial charge is 0.382 e. The van der Waals surface area contributed by atoms with E-state index in [-0.39, 0.29) is 6.10 Å². The van der Waals surface area contributed by atoms with Crippen molar-refractivity contribution < 1.29 is 9.47 Å². The maximum Gasteiger partial charge on any atom is 0.122 e. The third kappa shape index (κ3) is 4.23. The highest BCUT2D eigenvalue weighted by atomic mass is 16.5. The molecule has 5 heteroatoms. The number of likely N-dealkylation sites (tertiary alicyclic amines) is 1. The number of imidazole rings is 1. The number of rotatable bonds is 8. The summed E-state index contributed by atoms with van der Waals surface area (Å²) in [5.41, 5.74) is 1.36. The first-order chi connectivity index (χ1) is 11.8. The number of hydrogen-bond acceptors (Lipinski definition) is 4. The second-order valence-electron chi connectivity index (χ2n) is 6.37. The molecule has 5 nitrogen and oxygen atoms in total. The summed E-state index contributed by atoms with van der Waals surface area (Å²) in [6.45, 7) is 3.21. The Labute approximate surface area is 144 Å². The van der Waals surface area contributed by atoms with E-state index >= 15 is 0 Å². The molecule has 1 saturated heterocycles. The Kier molecular flexibility index (Phi) is 6.01. The van der Waals surface area contributed by atoms with E-state index in [0.717, 1.165) is 31.8 Å². The average Bonchev–Trinajstić information content (AvgIpc) is 3.17. The number of methoxy groups -OCH3 is 1. The van der Waals surface area contributed by atoms with E-state index in [2.05, 4.69) is 51.8 Å². The van der Waals surface area contributed by atoms with Crippen LogP contribution in [0.15, 0.2) is 42.7 Å². The second kappa shape index (κ2) is 8.42. The molecule has 0 saturated carbocycles. The standard InChI is InChI=1S/C19H27N3O2/c1-21-11-9-20-19(21)15-22-10-8-18(24-13-12-23-2)17(22)14-16-6-4-3-5-7-16/h3-7,9,11,17-18H,8,10,12-15H2,1-2H3/t17-,18-/m0/s1. The molecule has 2 atom stereocenters. The van der Waals surface area contributed by atoms with E-state index in [9.17, 15) is 0 Å². The number of aromatic nitrogens is 2. The van der Waals surface area contributed by atoms with Gasteiger partial charge in [-0.05, 0) is 18.4 Å². The molecule has 3 rings (SSSR count). The van der Waals surface area contributed by atoms with Gasteiger partial charge in [-0.25, -0.2) is 4.98 Å². The van der Waals surface area contributed by atoms with Crippen LogP contribution in [0.2, 0.25) is 0 Å². The zero-order valence-electron chi connectivity index (χ0n) is 14.6. The molecule has 1 aliphatic heterocycles. The smallest absolute Gasteiger partial charge is 0.122 e. The topological polar surface area (TPSA) is 39.5 Å². The number of benzene rings is 1. The molecule has 0 N–H and O–H groups in total. The van der Waals surface area contributed by atoms with Gasteiger partial charge in [0.25, 0.3) is 0 Å². The molecule has 1 aromatic carbocycles. The van der Waals surface area contributed by atoms with Gasteiger partial charge in [0.2, 0.25) is 0 Å². The zero-order valence-corrected chi connectivity index (χ0v) is 14.6. The maximum atomic E-state index is 6.11. The molecule has 1 aromatic heterocycles. The molecule has 0 radical (unpaired) electrons. The van der Waals surface area contributed by atoms with Crippen molar-refractivity contribution in [1.82, 2.24) is 14.5 Å². The quantitative estimate of drug-likeness (QED) is 0.697. The van der Waals surface area contributed by atoms with Crippen LogP contribution >= 0.6 is 0 Å². The molecule has 0 unspecified atom stereocenters. The van der Waals surface area contributed by atoms with Crippen LogP contribution in [0.3, 0.4) is 0 Å². The van der Waals surface area contributed by atoms with Crippen molar-refractivity contribution in [2.75, 3.05) is 26.9 Å². The van der Waals surface area contributed by atoms with Gasteiger partial charge in [-0.3, -0.25) is 4.90 Å². The zero-order chi connectivity index (χ0) is 16.8. The van der Waals surface area contributed by atoms with Crippen molar-refractivity contribution in [3.63, 3.8) is 0 Å². The first-order valence-corrected chi connectivity index (χ1v) is 8.62. The Morgan fingerprint density at radius 3 is 2.75 bits per heavy atom. The van der Waals surface area contributed by atoms with E-state index in [1.807, 2.05) is 12.4 Å². The number of nitrogens with zero attached hydrogens (tertiary/aromatic N) is 3. The SMILES string of the molecule is COCCO[C@H]1CCN(Cc2nccn2C)[C@H]1Cc1ccccc1. The molecule has 1 fully saturated rings. The predicted octanol–water partition coefficient (Wildman–Crippen LogP) is 2.27. The van der Waals surface area contributed by atoms with Crippen LogP contribution in [0, 0.1) is 0 Å². The van der Waals surface area contributed by atoms with Crippen molar-refractivity contribution >= 4 is 0 Å². The van der Waals surface area contributed by atoms with Crippen molar-refractivity contribution in [1.29, 1.82) is 0 Å². The monoisotopic (exact) mass is 329 g/mol. The Balaban J connectivity index is 1.70. The molecule has 0 amide bonds. The van der Waals surface area contributed by atoms with Gasteiger partial charge >= 0.3 is 0 Å². The van der Waals surface area contributed by atoms with Gasteiger partial charge in [0.15, 0.2) is 0 Å². The third-order valence-corrected chi connectivity index (χ3v) is 4.77. The van der Waals surface area contributed by atoms with E-state index in [0.29, 0.717) is 19.3 Å². The van der Waals surface area contributed by atoms with Crippen LogP contribution in [0.1, 0.15) is 17.8 Å². The highest BCUT2D eigenvalue weighted by Gasteiger charge is 2.35. The number of ether oxygens (including phenoxy) is 2. The minimum absolute atomic E-state index is 0.251. The maximum absolute atomic E-state index is 6.11. The molecule has 2 aromatic rings. The van der Waals surface area contributed by atoms with Crippen molar-refractivity contribution in [3.05, 3.63) is 54.1 Å². The molecule has 2 heterocycles. The lowest BCUT2D eigenvalue weighted by Crippen LogP contribution is -2.38. The molecule has 0 aliphatic carbocycles. The summed E-state index contributed by atoms with van der Waals surface area (Å²) < 4.78 is 13.3. The lowest BCUT2D eigenvalue weighted by molar-refractivity contribution is -0.00163. The Hall–Kier alpha value is -1.69. The second-order valence-corrected chi connectivity index (χ2v) is 6.37. The summed E-state index contributed by atoms with van der Waals surface area (Å²) in [6.07, 6.45) is 6.18. The summed E-state index contributed by atoms with van der Waals surface area (Å²) in [7, 11) is 3.77. The van der Waals surface area contributed by atoms with Gasteiger partial charge in [-0.15, -0.1) is 0 Å². The molecule has 130 valence electrons. The van der Waals surface area contributed by atoms with Crippen LogP contribution in [-0.2, 0) is 29.5 Å². The van der Waals surface area contributed by atoms with Crippen LogP contribution in [0.5, 0.6) is 0 Å². The molecular formula is C19H27N3O2. The van der Waals surface area contributed by atoms with Gasteiger partial charge in [0.05, 0.1) is 25.9 Å². The summed E-state index contributed by atoms with van der Waals surface area (Å²) in [5, 5.41) is 0. The van der Waals surface area contributed by atoms with Gasteiger partial charge < -0.3 is 14.0 Å². The fraction of sp³-hybridized carbons (Fsp3) is 0.526. The van der Waals surface area contributed by atoms with Crippen LogP contribution < -0.4 is 0 Å². The average molecular weight is 329 g/mol. The lowest BCUT2D eigenvalue weighted by atomic mass is 10.0. The Morgan fingerprint density at radius 1 is 1.21 bits per heavy atom. The van der Waals surface area contributed by atoms with E-state index in [4.69, 9.17) is 9.47 Å². The highest BCUT2D eigenvalue weighted by Crippen LogP contribution is 2.26. The number of hydrogen-bond donors (Lipinski definition) is 0. The summed E-state index contributed by atoms with van der Waals surface area (Å²) in [5.74, 6) is 1.10.